The van der Waals surface area contributed by atoms with Crippen molar-refractivity contribution in [3.8, 4) is 0 Å². The summed E-state index contributed by atoms with van der Waals surface area (Å²) in [6.45, 7) is 14.1. The number of aromatic nitrogens is 2. The van der Waals surface area contributed by atoms with Gasteiger partial charge in [0.05, 0.1) is 38.8 Å². The standard InChI is InChI=1S/C58H45N3/c1-57(2,3)37-30-43-42-27-34-17-13-14-18-35(34)28-49(42)60-47-25-26-48-53(52(47)45(32-37)54(43)60)46-33-38(58(4,5)6)31-44-51-41-24-16-15-19-36(41)29-50(56(51)61(48)55(44)46)59(39-20-9-7-10-21-39)40-22-11-8-12-23-40/h7-33H,1-6H3. The predicted molar refractivity (Wildman–Crippen MR) is 263 cm³/mol. The highest BCUT2D eigenvalue weighted by Crippen LogP contribution is 2.52. The van der Waals surface area contributed by atoms with E-state index in [1.165, 1.54) is 115 Å². The second kappa shape index (κ2) is 11.8. The van der Waals surface area contributed by atoms with Gasteiger partial charge in [-0.05, 0) is 122 Å². The molecule has 0 N–H and O–H groups in total. The lowest BCUT2D eigenvalue weighted by Crippen LogP contribution is -2.11. The molecule has 0 radical (unpaired) electrons. The molecule has 3 heteroatoms. The van der Waals surface area contributed by atoms with Crippen molar-refractivity contribution < 1.29 is 0 Å². The van der Waals surface area contributed by atoms with E-state index in [1.54, 1.807) is 0 Å². The summed E-state index contributed by atoms with van der Waals surface area (Å²) in [5, 5.41) is 15.7. The number of hydrogen-bond acceptors (Lipinski definition) is 1. The zero-order valence-corrected chi connectivity index (χ0v) is 35.4. The number of benzene rings is 9. The molecule has 0 atom stereocenters. The van der Waals surface area contributed by atoms with Crippen molar-refractivity contribution in [2.75, 3.05) is 4.90 Å². The zero-order chi connectivity index (χ0) is 41.1. The Labute approximate surface area is 354 Å². The monoisotopic (exact) mass is 783 g/mol. The molecule has 0 amide bonds. The fourth-order valence-corrected chi connectivity index (χ4v) is 10.8. The van der Waals surface area contributed by atoms with Crippen LogP contribution in [0.3, 0.4) is 0 Å². The second-order valence-electron chi connectivity index (χ2n) is 19.4. The second-order valence-corrected chi connectivity index (χ2v) is 19.4. The van der Waals surface area contributed by atoms with Crippen LogP contribution in [-0.4, -0.2) is 8.80 Å². The number of hydrogen-bond donors (Lipinski definition) is 0. The number of rotatable bonds is 3. The van der Waals surface area contributed by atoms with Gasteiger partial charge in [-0.25, -0.2) is 0 Å². The molecular weight excluding hydrogens is 739 g/mol. The summed E-state index contributed by atoms with van der Waals surface area (Å²) in [5.74, 6) is 0. The Kier molecular flexibility index (Phi) is 6.72. The van der Waals surface area contributed by atoms with Crippen molar-refractivity contribution in [2.24, 2.45) is 0 Å². The molecule has 0 aliphatic heterocycles. The SMILES string of the molecule is CC(C)(C)c1cc2c3cc4ccccc4cc3n3c4ccc5c(c6cc(C(C)(C)C)cc7c8c9ccccc9cc(N(c9ccccc9)c9ccccc9)c8n5c67)c4c(c1)c23. The molecule has 4 heterocycles. The molecule has 13 aromatic rings. The van der Waals surface area contributed by atoms with Gasteiger partial charge in [0.25, 0.3) is 0 Å². The maximum Gasteiger partial charge on any atom is 0.0789 e. The molecular formula is C58H45N3. The number of anilines is 3. The van der Waals surface area contributed by atoms with Gasteiger partial charge in [-0.1, -0.05) is 126 Å². The Morgan fingerprint density at radius 1 is 0.344 bits per heavy atom. The van der Waals surface area contributed by atoms with Crippen molar-refractivity contribution >= 4 is 115 Å². The molecule has 0 saturated carbocycles. The molecule has 292 valence electrons. The Hall–Kier alpha value is -7.10. The lowest BCUT2D eigenvalue weighted by molar-refractivity contribution is 0.591. The molecule has 0 bridgehead atoms. The first-order valence-corrected chi connectivity index (χ1v) is 21.7. The van der Waals surface area contributed by atoms with Gasteiger partial charge in [0.2, 0.25) is 0 Å². The fourth-order valence-electron chi connectivity index (χ4n) is 10.8. The van der Waals surface area contributed by atoms with Crippen LogP contribution in [0.15, 0.2) is 164 Å². The number of nitrogens with zero attached hydrogens (tertiary/aromatic N) is 3. The summed E-state index contributed by atoms with van der Waals surface area (Å²) in [6.07, 6.45) is 0. The van der Waals surface area contributed by atoms with E-state index >= 15 is 0 Å². The van der Waals surface area contributed by atoms with Crippen LogP contribution in [0.1, 0.15) is 52.7 Å². The molecule has 0 fully saturated rings. The Bertz CT molecular complexity index is 3890. The van der Waals surface area contributed by atoms with Crippen LogP contribution in [0.25, 0.3) is 97.7 Å². The molecule has 0 spiro atoms. The number of fused-ring (bicyclic) bond motifs is 16. The van der Waals surface area contributed by atoms with Gasteiger partial charge in [0.15, 0.2) is 0 Å². The normalized spacial score (nSPS) is 13.1. The van der Waals surface area contributed by atoms with E-state index in [9.17, 15) is 0 Å². The molecule has 4 aromatic heterocycles. The molecule has 13 rings (SSSR count). The quantitative estimate of drug-likeness (QED) is 0.174. The molecule has 0 saturated heterocycles. The molecule has 61 heavy (non-hydrogen) atoms. The van der Waals surface area contributed by atoms with Gasteiger partial charge in [0.1, 0.15) is 0 Å². The van der Waals surface area contributed by atoms with Gasteiger partial charge in [0, 0.05) is 54.5 Å². The van der Waals surface area contributed by atoms with Crippen molar-refractivity contribution in [1.82, 2.24) is 8.80 Å². The molecule has 9 aromatic carbocycles. The van der Waals surface area contributed by atoms with Gasteiger partial charge >= 0.3 is 0 Å². The van der Waals surface area contributed by atoms with E-state index in [0.29, 0.717) is 0 Å². The fraction of sp³-hybridized carbons (Fsp3) is 0.138. The lowest BCUT2D eigenvalue weighted by atomic mass is 9.84. The maximum absolute atomic E-state index is 2.63. The van der Waals surface area contributed by atoms with Gasteiger partial charge in [-0.15, -0.1) is 0 Å². The van der Waals surface area contributed by atoms with Crippen LogP contribution in [0.5, 0.6) is 0 Å². The largest absolute Gasteiger partial charge is 0.308 e. The van der Waals surface area contributed by atoms with E-state index in [2.05, 4.69) is 219 Å². The highest BCUT2D eigenvalue weighted by atomic mass is 15.2. The molecule has 0 unspecified atom stereocenters. The van der Waals surface area contributed by atoms with E-state index in [0.717, 1.165) is 11.4 Å². The van der Waals surface area contributed by atoms with E-state index in [4.69, 9.17) is 0 Å². The summed E-state index contributed by atoms with van der Waals surface area (Å²) in [7, 11) is 0. The van der Waals surface area contributed by atoms with E-state index in [-0.39, 0.29) is 10.8 Å². The molecule has 0 aliphatic rings. The summed E-state index contributed by atoms with van der Waals surface area (Å²) in [6, 6.07) is 61.7. The van der Waals surface area contributed by atoms with Crippen LogP contribution in [0.4, 0.5) is 17.1 Å². The summed E-state index contributed by atoms with van der Waals surface area (Å²) < 4.78 is 5.21. The van der Waals surface area contributed by atoms with Gasteiger partial charge < -0.3 is 13.7 Å². The van der Waals surface area contributed by atoms with Crippen molar-refractivity contribution in [3.63, 3.8) is 0 Å². The minimum absolute atomic E-state index is 0.0359. The average molecular weight is 784 g/mol. The van der Waals surface area contributed by atoms with Crippen LogP contribution in [-0.2, 0) is 10.8 Å². The Balaban J connectivity index is 1.29. The van der Waals surface area contributed by atoms with Crippen LogP contribution in [0, 0.1) is 0 Å². The minimum Gasteiger partial charge on any atom is -0.308 e. The predicted octanol–water partition coefficient (Wildman–Crippen LogP) is 16.4. The average Bonchev–Trinajstić information content (AvgIpc) is 3.99. The topological polar surface area (TPSA) is 12.1 Å². The summed E-state index contributed by atoms with van der Waals surface area (Å²) in [5.41, 5.74) is 13.6. The lowest BCUT2D eigenvalue weighted by Gasteiger charge is -2.27. The van der Waals surface area contributed by atoms with Gasteiger partial charge in [-0.2, -0.15) is 0 Å². The highest BCUT2D eigenvalue weighted by molar-refractivity contribution is 6.38. The first kappa shape index (κ1) is 34.7. The first-order chi connectivity index (χ1) is 29.5. The third-order valence-electron chi connectivity index (χ3n) is 13.7. The van der Waals surface area contributed by atoms with Crippen LogP contribution >= 0.6 is 0 Å². The minimum atomic E-state index is -0.0741. The van der Waals surface area contributed by atoms with Crippen molar-refractivity contribution in [2.45, 2.75) is 52.4 Å². The van der Waals surface area contributed by atoms with Crippen LogP contribution < -0.4 is 4.90 Å². The zero-order valence-electron chi connectivity index (χ0n) is 35.4. The Morgan fingerprint density at radius 3 is 1.41 bits per heavy atom. The number of para-hydroxylation sites is 2. The third kappa shape index (κ3) is 4.64. The highest BCUT2D eigenvalue weighted by Gasteiger charge is 2.30. The third-order valence-corrected chi connectivity index (χ3v) is 13.7. The summed E-state index contributed by atoms with van der Waals surface area (Å²) in [4.78, 5) is 2.46. The van der Waals surface area contributed by atoms with Crippen molar-refractivity contribution in [3.05, 3.63) is 175 Å². The molecule has 0 aliphatic carbocycles. The van der Waals surface area contributed by atoms with E-state index < -0.39 is 0 Å². The maximum atomic E-state index is 2.63. The van der Waals surface area contributed by atoms with Crippen molar-refractivity contribution in [1.29, 1.82) is 0 Å². The summed E-state index contributed by atoms with van der Waals surface area (Å²) >= 11 is 0. The smallest absolute Gasteiger partial charge is 0.0789 e. The first-order valence-electron chi connectivity index (χ1n) is 21.7. The van der Waals surface area contributed by atoms with E-state index in [1.807, 2.05) is 0 Å². The Morgan fingerprint density at radius 2 is 0.820 bits per heavy atom. The molecule has 3 nitrogen and oxygen atoms in total. The van der Waals surface area contributed by atoms with Crippen LogP contribution in [0.2, 0.25) is 0 Å². The van der Waals surface area contributed by atoms with Gasteiger partial charge in [-0.3, -0.25) is 0 Å².